The number of aryl methyl sites for hydroxylation is 2. The largest absolute Gasteiger partial charge is 0.493 e. The van der Waals surface area contributed by atoms with Gasteiger partial charge in [-0.15, -0.1) is 0 Å². The fourth-order valence-electron chi connectivity index (χ4n) is 1.48. The van der Waals surface area contributed by atoms with Crippen LogP contribution in [0.25, 0.3) is 0 Å². The zero-order valence-corrected chi connectivity index (χ0v) is 11.1. The van der Waals surface area contributed by atoms with Gasteiger partial charge in [-0.1, -0.05) is 12.1 Å². The summed E-state index contributed by atoms with van der Waals surface area (Å²) >= 11 is 0. The van der Waals surface area contributed by atoms with Gasteiger partial charge < -0.3 is 9.64 Å². The number of benzene rings is 1. The van der Waals surface area contributed by atoms with E-state index in [4.69, 9.17) is 4.74 Å². The summed E-state index contributed by atoms with van der Waals surface area (Å²) in [6, 6.07) is 6.09. The maximum Gasteiger partial charge on any atom is 0.225 e. The van der Waals surface area contributed by atoms with E-state index < -0.39 is 0 Å². The third-order valence-electron chi connectivity index (χ3n) is 2.82. The van der Waals surface area contributed by atoms with Gasteiger partial charge in [0.05, 0.1) is 13.0 Å². The lowest BCUT2D eigenvalue weighted by molar-refractivity contribution is -0.130. The van der Waals surface area contributed by atoms with Gasteiger partial charge in [0, 0.05) is 13.6 Å². The maximum atomic E-state index is 11.6. The standard InChI is InChI=1S/C14H21NO2/c1-5-15(4)14(16)8-9-17-13-10-11(2)6-7-12(13)3/h6-7,10H,5,8-9H2,1-4H3. The van der Waals surface area contributed by atoms with E-state index in [-0.39, 0.29) is 5.91 Å². The highest BCUT2D eigenvalue weighted by atomic mass is 16.5. The lowest BCUT2D eigenvalue weighted by Crippen LogP contribution is -2.27. The molecule has 1 aromatic carbocycles. The highest BCUT2D eigenvalue weighted by Gasteiger charge is 2.07. The summed E-state index contributed by atoms with van der Waals surface area (Å²) in [7, 11) is 1.81. The van der Waals surface area contributed by atoms with Gasteiger partial charge in [-0.05, 0) is 38.0 Å². The van der Waals surface area contributed by atoms with Crippen molar-refractivity contribution in [2.45, 2.75) is 27.2 Å². The van der Waals surface area contributed by atoms with E-state index >= 15 is 0 Å². The van der Waals surface area contributed by atoms with Crippen molar-refractivity contribution >= 4 is 5.91 Å². The van der Waals surface area contributed by atoms with E-state index in [0.29, 0.717) is 13.0 Å². The van der Waals surface area contributed by atoms with Crippen LogP contribution in [0, 0.1) is 13.8 Å². The zero-order valence-electron chi connectivity index (χ0n) is 11.1. The molecule has 0 saturated carbocycles. The van der Waals surface area contributed by atoms with Crippen LogP contribution in [0.4, 0.5) is 0 Å². The molecular formula is C14H21NO2. The van der Waals surface area contributed by atoms with Gasteiger partial charge in [0.15, 0.2) is 0 Å². The minimum absolute atomic E-state index is 0.123. The molecule has 0 heterocycles. The Kier molecular flexibility index (Phi) is 5.01. The van der Waals surface area contributed by atoms with Crippen molar-refractivity contribution in [3.05, 3.63) is 29.3 Å². The molecule has 0 atom stereocenters. The van der Waals surface area contributed by atoms with Crippen LogP contribution < -0.4 is 4.74 Å². The molecule has 0 radical (unpaired) electrons. The Labute approximate surface area is 103 Å². The molecule has 3 heteroatoms. The summed E-state index contributed by atoms with van der Waals surface area (Å²) in [6.07, 6.45) is 0.428. The van der Waals surface area contributed by atoms with Gasteiger partial charge >= 0.3 is 0 Å². The molecule has 0 aliphatic heterocycles. The first kappa shape index (κ1) is 13.6. The van der Waals surface area contributed by atoms with Crippen LogP contribution in [0.2, 0.25) is 0 Å². The first-order chi connectivity index (χ1) is 8.04. The zero-order chi connectivity index (χ0) is 12.8. The van der Waals surface area contributed by atoms with Gasteiger partial charge in [-0.3, -0.25) is 4.79 Å². The second-order valence-corrected chi connectivity index (χ2v) is 4.28. The summed E-state index contributed by atoms with van der Waals surface area (Å²) in [4.78, 5) is 13.3. The van der Waals surface area contributed by atoms with Gasteiger partial charge in [-0.2, -0.15) is 0 Å². The molecule has 0 N–H and O–H groups in total. The molecule has 94 valence electrons. The van der Waals surface area contributed by atoms with E-state index in [0.717, 1.165) is 17.9 Å². The van der Waals surface area contributed by atoms with E-state index in [1.165, 1.54) is 5.56 Å². The number of nitrogens with zero attached hydrogens (tertiary/aromatic N) is 1. The normalized spacial score (nSPS) is 10.1. The topological polar surface area (TPSA) is 29.5 Å². The Morgan fingerprint density at radius 1 is 1.35 bits per heavy atom. The number of hydrogen-bond donors (Lipinski definition) is 0. The lowest BCUT2D eigenvalue weighted by Gasteiger charge is -2.15. The highest BCUT2D eigenvalue weighted by Crippen LogP contribution is 2.19. The fourth-order valence-corrected chi connectivity index (χ4v) is 1.48. The number of amides is 1. The Hall–Kier alpha value is -1.51. The average Bonchev–Trinajstić information content (AvgIpc) is 2.32. The average molecular weight is 235 g/mol. The maximum absolute atomic E-state index is 11.6. The number of rotatable bonds is 5. The molecule has 17 heavy (non-hydrogen) atoms. The van der Waals surface area contributed by atoms with Gasteiger partial charge in [0.1, 0.15) is 5.75 Å². The molecule has 3 nitrogen and oxygen atoms in total. The molecule has 1 aromatic rings. The first-order valence-electron chi connectivity index (χ1n) is 5.98. The smallest absolute Gasteiger partial charge is 0.225 e. The molecule has 0 aliphatic carbocycles. The van der Waals surface area contributed by atoms with E-state index in [9.17, 15) is 4.79 Å². The van der Waals surface area contributed by atoms with E-state index in [1.54, 1.807) is 11.9 Å². The molecular weight excluding hydrogens is 214 g/mol. The van der Waals surface area contributed by atoms with Crippen molar-refractivity contribution in [3.63, 3.8) is 0 Å². The number of hydrogen-bond acceptors (Lipinski definition) is 2. The fraction of sp³-hybridized carbons (Fsp3) is 0.500. The molecule has 1 amide bonds. The monoisotopic (exact) mass is 235 g/mol. The van der Waals surface area contributed by atoms with Crippen LogP contribution in [-0.4, -0.2) is 31.0 Å². The van der Waals surface area contributed by atoms with Crippen LogP contribution in [0.15, 0.2) is 18.2 Å². The van der Waals surface area contributed by atoms with Crippen LogP contribution in [-0.2, 0) is 4.79 Å². The number of carbonyl (C=O) groups excluding carboxylic acids is 1. The molecule has 0 bridgehead atoms. The molecule has 0 saturated heterocycles. The van der Waals surface area contributed by atoms with Crippen molar-refractivity contribution in [1.29, 1.82) is 0 Å². The predicted octanol–water partition coefficient (Wildman–Crippen LogP) is 2.55. The Morgan fingerprint density at radius 2 is 2.06 bits per heavy atom. The Balaban J connectivity index is 2.46. The number of carbonyl (C=O) groups is 1. The second kappa shape index (κ2) is 6.28. The van der Waals surface area contributed by atoms with Crippen LogP contribution in [0.3, 0.4) is 0 Å². The molecule has 0 aromatic heterocycles. The molecule has 0 fully saturated rings. The Morgan fingerprint density at radius 3 is 2.71 bits per heavy atom. The summed E-state index contributed by atoms with van der Waals surface area (Å²) in [5.41, 5.74) is 2.27. The summed E-state index contributed by atoms with van der Waals surface area (Å²) in [6.45, 7) is 7.18. The molecule has 0 spiro atoms. The van der Waals surface area contributed by atoms with Crippen molar-refractivity contribution in [2.75, 3.05) is 20.2 Å². The quantitative estimate of drug-likeness (QED) is 0.785. The summed E-state index contributed by atoms with van der Waals surface area (Å²) in [5.74, 6) is 0.995. The second-order valence-electron chi connectivity index (χ2n) is 4.28. The van der Waals surface area contributed by atoms with Crippen molar-refractivity contribution < 1.29 is 9.53 Å². The third kappa shape index (κ3) is 4.10. The first-order valence-corrected chi connectivity index (χ1v) is 5.98. The minimum atomic E-state index is 0.123. The minimum Gasteiger partial charge on any atom is -0.493 e. The van der Waals surface area contributed by atoms with Crippen molar-refractivity contribution in [2.24, 2.45) is 0 Å². The van der Waals surface area contributed by atoms with Crippen LogP contribution in [0.5, 0.6) is 5.75 Å². The SMILES string of the molecule is CCN(C)C(=O)CCOc1cc(C)ccc1C. The molecule has 0 unspecified atom stereocenters. The van der Waals surface area contributed by atoms with Crippen LogP contribution >= 0.6 is 0 Å². The van der Waals surface area contributed by atoms with Crippen molar-refractivity contribution in [3.8, 4) is 5.75 Å². The van der Waals surface area contributed by atoms with Gasteiger partial charge in [0.25, 0.3) is 0 Å². The highest BCUT2D eigenvalue weighted by molar-refractivity contribution is 5.75. The van der Waals surface area contributed by atoms with Gasteiger partial charge in [0.2, 0.25) is 5.91 Å². The predicted molar refractivity (Wildman–Crippen MR) is 69.3 cm³/mol. The summed E-state index contributed by atoms with van der Waals surface area (Å²) < 4.78 is 5.64. The van der Waals surface area contributed by atoms with E-state index in [2.05, 4.69) is 6.07 Å². The third-order valence-corrected chi connectivity index (χ3v) is 2.82. The molecule has 0 aliphatic rings. The lowest BCUT2D eigenvalue weighted by atomic mass is 10.1. The van der Waals surface area contributed by atoms with Crippen molar-refractivity contribution in [1.82, 2.24) is 4.90 Å². The van der Waals surface area contributed by atoms with Gasteiger partial charge in [-0.25, -0.2) is 0 Å². The van der Waals surface area contributed by atoms with Crippen LogP contribution in [0.1, 0.15) is 24.5 Å². The molecule has 1 rings (SSSR count). The van der Waals surface area contributed by atoms with E-state index in [1.807, 2.05) is 32.9 Å². The summed E-state index contributed by atoms with van der Waals surface area (Å²) in [5, 5.41) is 0. The number of ether oxygens (including phenoxy) is 1. The Bertz CT molecular complexity index is 388.